The zero-order valence-corrected chi connectivity index (χ0v) is 13.9. The summed E-state index contributed by atoms with van der Waals surface area (Å²) in [6.45, 7) is 1.92. The van der Waals surface area contributed by atoms with Crippen molar-refractivity contribution in [1.29, 1.82) is 0 Å². The molecule has 1 aromatic carbocycles. The van der Waals surface area contributed by atoms with Crippen LogP contribution in [-0.2, 0) is 19.1 Å². The zero-order chi connectivity index (χ0) is 19.1. The molecule has 140 valence electrons. The molecule has 0 aliphatic carbocycles. The van der Waals surface area contributed by atoms with Crippen LogP contribution in [0.1, 0.15) is 6.92 Å². The molecule has 0 aliphatic heterocycles. The van der Waals surface area contributed by atoms with Gasteiger partial charge >= 0.3 is 18.2 Å². The fourth-order valence-electron chi connectivity index (χ4n) is 1.76. The van der Waals surface area contributed by atoms with Crippen LogP contribution in [0, 0.1) is 0 Å². The number of alkyl halides is 3. The molecule has 0 heterocycles. The first kappa shape index (κ1) is 20.7. The molecule has 25 heavy (non-hydrogen) atoms. The number of hydrogen-bond acceptors (Lipinski definition) is 5. The topological polar surface area (TPSA) is 85.9 Å². The summed E-state index contributed by atoms with van der Waals surface area (Å²) in [5.74, 6) is -2.33. The maximum atomic E-state index is 12.1. The van der Waals surface area contributed by atoms with Crippen molar-refractivity contribution in [2.45, 2.75) is 18.9 Å². The molecule has 0 saturated carbocycles. The van der Waals surface area contributed by atoms with Crippen molar-refractivity contribution >= 4 is 17.5 Å². The summed E-state index contributed by atoms with van der Waals surface area (Å²) >= 11 is 0. The maximum absolute atomic E-state index is 12.1. The van der Waals surface area contributed by atoms with Crippen LogP contribution in [0.2, 0.25) is 0 Å². The lowest BCUT2D eigenvalue weighted by atomic mass is 10.1. The summed E-state index contributed by atoms with van der Waals surface area (Å²) in [7, 11) is 2.91. The van der Waals surface area contributed by atoms with E-state index in [0.717, 1.165) is 12.1 Å². The first-order chi connectivity index (χ1) is 11.6. The van der Waals surface area contributed by atoms with E-state index in [1.165, 1.54) is 26.4 Å². The average molecular weight is 364 g/mol. The summed E-state index contributed by atoms with van der Waals surface area (Å²) in [5.41, 5.74) is -0.664. The van der Waals surface area contributed by atoms with Crippen LogP contribution in [-0.4, -0.2) is 51.1 Å². The minimum absolute atomic E-state index is 0.0297. The Hall–Kier alpha value is -2.33. The standard InChI is InChI=1S/C15H19F3N2O5/c1-14(24-3,9-23-2)8-19-12(21)13(22)20-10-4-6-11(7-5-10)25-15(16,17)18/h4-7H,8-9H2,1-3H3,(H,19,21)(H,20,22). The van der Waals surface area contributed by atoms with E-state index in [1.807, 2.05) is 0 Å². The van der Waals surface area contributed by atoms with Crippen molar-refractivity contribution in [3.63, 3.8) is 0 Å². The fraction of sp³-hybridized carbons (Fsp3) is 0.467. The first-order valence-corrected chi connectivity index (χ1v) is 7.07. The number of nitrogens with one attached hydrogen (secondary N) is 2. The van der Waals surface area contributed by atoms with Crippen molar-refractivity contribution in [2.24, 2.45) is 0 Å². The molecule has 7 nitrogen and oxygen atoms in total. The van der Waals surface area contributed by atoms with E-state index in [-0.39, 0.29) is 18.8 Å². The summed E-state index contributed by atoms with van der Waals surface area (Å²) < 4.78 is 50.0. The van der Waals surface area contributed by atoms with Crippen LogP contribution in [0.5, 0.6) is 5.75 Å². The van der Waals surface area contributed by atoms with E-state index in [4.69, 9.17) is 9.47 Å². The predicted octanol–water partition coefficient (Wildman–Crippen LogP) is 1.69. The van der Waals surface area contributed by atoms with Crippen LogP contribution in [0.4, 0.5) is 18.9 Å². The van der Waals surface area contributed by atoms with Crippen molar-refractivity contribution in [3.05, 3.63) is 24.3 Å². The third-order valence-electron chi connectivity index (χ3n) is 3.12. The molecule has 0 fully saturated rings. The molecular formula is C15H19F3N2O5. The largest absolute Gasteiger partial charge is 0.573 e. The van der Waals surface area contributed by atoms with E-state index in [9.17, 15) is 22.8 Å². The van der Waals surface area contributed by atoms with Crippen molar-refractivity contribution < 1.29 is 37.0 Å². The van der Waals surface area contributed by atoms with Gasteiger partial charge in [0.1, 0.15) is 11.4 Å². The Bertz CT molecular complexity index is 592. The number of amides is 2. The highest BCUT2D eigenvalue weighted by Crippen LogP contribution is 2.23. The van der Waals surface area contributed by atoms with E-state index in [1.54, 1.807) is 6.92 Å². The lowest BCUT2D eigenvalue weighted by Gasteiger charge is -2.27. The third-order valence-corrected chi connectivity index (χ3v) is 3.12. The Kier molecular flexibility index (Phi) is 7.19. The van der Waals surface area contributed by atoms with Crippen LogP contribution < -0.4 is 15.4 Å². The molecule has 0 aliphatic rings. The summed E-state index contributed by atoms with van der Waals surface area (Å²) in [5, 5.41) is 4.65. The molecule has 2 N–H and O–H groups in total. The zero-order valence-electron chi connectivity index (χ0n) is 13.9. The number of carbonyl (C=O) groups is 2. The van der Waals surface area contributed by atoms with Crippen LogP contribution in [0.15, 0.2) is 24.3 Å². The van der Waals surface area contributed by atoms with Gasteiger partial charge < -0.3 is 24.8 Å². The van der Waals surface area contributed by atoms with Crippen LogP contribution in [0.3, 0.4) is 0 Å². The molecule has 2 amide bonds. The lowest BCUT2D eigenvalue weighted by Crippen LogP contribution is -2.48. The molecule has 10 heteroatoms. The predicted molar refractivity (Wildman–Crippen MR) is 82.1 cm³/mol. The highest BCUT2D eigenvalue weighted by molar-refractivity contribution is 6.39. The number of anilines is 1. The first-order valence-electron chi connectivity index (χ1n) is 7.07. The van der Waals surface area contributed by atoms with Gasteiger partial charge in [-0.15, -0.1) is 13.2 Å². The molecule has 0 bridgehead atoms. The number of ether oxygens (including phenoxy) is 3. The molecular weight excluding hydrogens is 345 g/mol. The smallest absolute Gasteiger partial charge is 0.406 e. The van der Waals surface area contributed by atoms with Gasteiger partial charge in [-0.1, -0.05) is 0 Å². The fourth-order valence-corrected chi connectivity index (χ4v) is 1.76. The van der Waals surface area contributed by atoms with Gasteiger partial charge in [0.2, 0.25) is 0 Å². The van der Waals surface area contributed by atoms with E-state index < -0.39 is 29.5 Å². The Morgan fingerprint density at radius 3 is 2.16 bits per heavy atom. The Labute approximate surface area is 142 Å². The van der Waals surface area contributed by atoms with Crippen molar-refractivity contribution in [2.75, 3.05) is 32.7 Å². The average Bonchev–Trinajstić information content (AvgIpc) is 2.53. The number of benzene rings is 1. The molecule has 1 rings (SSSR count). The van der Waals surface area contributed by atoms with E-state index in [2.05, 4.69) is 15.4 Å². The Morgan fingerprint density at radius 1 is 1.08 bits per heavy atom. The van der Waals surface area contributed by atoms with Gasteiger partial charge in [0.25, 0.3) is 0 Å². The summed E-state index contributed by atoms with van der Waals surface area (Å²) in [6.07, 6.45) is -4.80. The SMILES string of the molecule is COCC(C)(CNC(=O)C(=O)Nc1ccc(OC(F)(F)F)cc1)OC. The van der Waals surface area contributed by atoms with E-state index in [0.29, 0.717) is 0 Å². The second kappa shape index (κ2) is 8.67. The summed E-state index contributed by atoms with van der Waals surface area (Å²) in [4.78, 5) is 23.6. The molecule has 0 radical (unpaired) electrons. The van der Waals surface area contributed by atoms with Crippen LogP contribution in [0.25, 0.3) is 0 Å². The summed E-state index contributed by atoms with van der Waals surface area (Å²) in [6, 6.07) is 4.38. The number of carbonyl (C=O) groups excluding carboxylic acids is 2. The van der Waals surface area contributed by atoms with Gasteiger partial charge in [0.05, 0.1) is 6.61 Å². The molecule has 1 unspecified atom stereocenters. The number of methoxy groups -OCH3 is 2. The van der Waals surface area contributed by atoms with Gasteiger partial charge in [-0.2, -0.15) is 0 Å². The molecule has 0 aromatic heterocycles. The minimum Gasteiger partial charge on any atom is -0.406 e. The van der Waals surface area contributed by atoms with Gasteiger partial charge in [-0.25, -0.2) is 0 Å². The van der Waals surface area contributed by atoms with E-state index >= 15 is 0 Å². The van der Waals surface area contributed by atoms with Gasteiger partial charge in [0.15, 0.2) is 0 Å². The van der Waals surface area contributed by atoms with Crippen molar-refractivity contribution in [1.82, 2.24) is 5.32 Å². The second-order valence-corrected chi connectivity index (χ2v) is 5.30. The monoisotopic (exact) mass is 364 g/mol. The Morgan fingerprint density at radius 2 is 1.68 bits per heavy atom. The second-order valence-electron chi connectivity index (χ2n) is 5.30. The van der Waals surface area contributed by atoms with Gasteiger partial charge in [0, 0.05) is 26.5 Å². The maximum Gasteiger partial charge on any atom is 0.573 e. The highest BCUT2D eigenvalue weighted by Gasteiger charge is 2.31. The third kappa shape index (κ3) is 7.40. The Balaban J connectivity index is 2.56. The van der Waals surface area contributed by atoms with Crippen molar-refractivity contribution in [3.8, 4) is 5.75 Å². The number of rotatable bonds is 7. The van der Waals surface area contributed by atoms with Gasteiger partial charge in [-0.05, 0) is 31.2 Å². The normalized spacial score (nSPS) is 13.7. The van der Waals surface area contributed by atoms with Crippen LogP contribution >= 0.6 is 0 Å². The lowest BCUT2D eigenvalue weighted by molar-refractivity contribution is -0.274. The molecule has 0 saturated heterocycles. The molecule has 1 aromatic rings. The van der Waals surface area contributed by atoms with Gasteiger partial charge in [-0.3, -0.25) is 9.59 Å². The number of hydrogen-bond donors (Lipinski definition) is 2. The minimum atomic E-state index is -4.80. The highest BCUT2D eigenvalue weighted by atomic mass is 19.4. The molecule has 1 atom stereocenters. The quantitative estimate of drug-likeness (QED) is 0.719. The number of halogens is 3. The molecule has 0 spiro atoms.